The summed E-state index contributed by atoms with van der Waals surface area (Å²) in [5.41, 5.74) is 5.00. The molecule has 3 aliphatic carbocycles. The van der Waals surface area contributed by atoms with E-state index in [1.807, 2.05) is 0 Å². The molecule has 3 heteroatoms. The Labute approximate surface area is 169 Å². The molecule has 0 amide bonds. The van der Waals surface area contributed by atoms with Gasteiger partial charge in [0, 0.05) is 11.5 Å². The Kier molecular flexibility index (Phi) is 5.27. The first-order valence-corrected chi connectivity index (χ1v) is 10.4. The van der Waals surface area contributed by atoms with Crippen LogP contribution in [0.5, 0.6) is 17.2 Å². The summed E-state index contributed by atoms with van der Waals surface area (Å²) in [4.78, 5) is 0. The van der Waals surface area contributed by atoms with Crippen molar-refractivity contribution in [1.82, 2.24) is 0 Å². The van der Waals surface area contributed by atoms with E-state index in [1.165, 1.54) is 47.9 Å². The van der Waals surface area contributed by atoms with Gasteiger partial charge in [0.2, 0.25) is 0 Å². The molecule has 3 fully saturated rings. The molecule has 2 unspecified atom stereocenters. The van der Waals surface area contributed by atoms with Crippen LogP contribution in [0.3, 0.4) is 0 Å². The van der Waals surface area contributed by atoms with Crippen molar-refractivity contribution in [1.29, 1.82) is 0 Å². The molecule has 3 saturated carbocycles. The highest BCUT2D eigenvalue weighted by atomic mass is 16.5. The van der Waals surface area contributed by atoms with Crippen molar-refractivity contribution in [3.8, 4) is 17.2 Å². The zero-order valence-corrected chi connectivity index (χ0v) is 17.7. The van der Waals surface area contributed by atoms with Crippen LogP contribution in [-0.4, -0.2) is 21.3 Å². The van der Waals surface area contributed by atoms with Crippen LogP contribution in [0.2, 0.25) is 0 Å². The van der Waals surface area contributed by atoms with Crippen molar-refractivity contribution in [3.05, 3.63) is 52.6 Å². The number of benzene rings is 2. The predicted octanol–water partition coefficient (Wildman–Crippen LogP) is 6.02. The minimum atomic E-state index is 0.398. The van der Waals surface area contributed by atoms with Crippen LogP contribution in [0.15, 0.2) is 30.3 Å². The minimum absolute atomic E-state index is 0.398. The average Bonchev–Trinajstić information content (AvgIpc) is 2.73. The number of methoxy groups -OCH3 is 3. The maximum absolute atomic E-state index is 5.88. The molecule has 3 nitrogen and oxygen atoms in total. The van der Waals surface area contributed by atoms with Crippen LogP contribution in [0.4, 0.5) is 0 Å². The monoisotopic (exact) mass is 380 g/mol. The molecule has 5 rings (SSSR count). The summed E-state index contributed by atoms with van der Waals surface area (Å²) >= 11 is 0. The van der Waals surface area contributed by atoms with Gasteiger partial charge in [-0.15, -0.1) is 0 Å². The average molecular weight is 381 g/mol. The molecule has 28 heavy (non-hydrogen) atoms. The van der Waals surface area contributed by atoms with Gasteiger partial charge in [-0.3, -0.25) is 0 Å². The summed E-state index contributed by atoms with van der Waals surface area (Å²) in [7, 11) is 5.35. The largest absolute Gasteiger partial charge is 0.496 e. The van der Waals surface area contributed by atoms with E-state index in [0.29, 0.717) is 23.7 Å². The van der Waals surface area contributed by atoms with E-state index < -0.39 is 0 Å². The predicted molar refractivity (Wildman–Crippen MR) is 113 cm³/mol. The highest BCUT2D eigenvalue weighted by Crippen LogP contribution is 2.61. The lowest BCUT2D eigenvalue weighted by molar-refractivity contribution is 0.108. The third kappa shape index (κ3) is 3.15. The number of aryl methyl sites for hydroxylation is 2. The SMILES string of the molecule is COc1cc(C)ccc1C1C2CCC(CC2)C1c1c(OC)cc(C)cc1OC. The molecule has 2 bridgehead atoms. The van der Waals surface area contributed by atoms with Crippen LogP contribution in [0.1, 0.15) is 59.8 Å². The molecular weight excluding hydrogens is 348 g/mol. The Morgan fingerprint density at radius 2 is 1.14 bits per heavy atom. The molecule has 2 aromatic rings. The van der Waals surface area contributed by atoms with E-state index in [1.54, 1.807) is 21.3 Å². The number of rotatable bonds is 5. The lowest BCUT2D eigenvalue weighted by Crippen LogP contribution is -2.37. The summed E-state index contributed by atoms with van der Waals surface area (Å²) < 4.78 is 17.6. The number of hydrogen-bond acceptors (Lipinski definition) is 3. The van der Waals surface area contributed by atoms with E-state index in [9.17, 15) is 0 Å². The maximum atomic E-state index is 5.88. The quantitative estimate of drug-likeness (QED) is 0.635. The van der Waals surface area contributed by atoms with Gasteiger partial charge < -0.3 is 14.2 Å². The fraction of sp³-hybridized carbons (Fsp3) is 0.520. The second-order valence-electron chi connectivity index (χ2n) is 8.55. The number of fused-ring (bicyclic) bond motifs is 3. The van der Waals surface area contributed by atoms with Crippen LogP contribution < -0.4 is 14.2 Å². The topological polar surface area (TPSA) is 27.7 Å². The molecule has 2 aromatic carbocycles. The summed E-state index contributed by atoms with van der Waals surface area (Å²) in [6.45, 7) is 4.23. The van der Waals surface area contributed by atoms with E-state index >= 15 is 0 Å². The van der Waals surface area contributed by atoms with E-state index in [4.69, 9.17) is 14.2 Å². The van der Waals surface area contributed by atoms with Crippen molar-refractivity contribution in [2.75, 3.05) is 21.3 Å². The van der Waals surface area contributed by atoms with E-state index in [0.717, 1.165) is 17.2 Å². The lowest BCUT2D eigenvalue weighted by atomic mass is 9.55. The smallest absolute Gasteiger partial charge is 0.126 e. The zero-order chi connectivity index (χ0) is 19.8. The summed E-state index contributed by atoms with van der Waals surface area (Å²) in [6.07, 6.45) is 5.19. The molecule has 0 heterocycles. The molecular formula is C25H32O3. The van der Waals surface area contributed by atoms with Crippen LogP contribution in [-0.2, 0) is 0 Å². The van der Waals surface area contributed by atoms with Crippen molar-refractivity contribution in [2.24, 2.45) is 11.8 Å². The van der Waals surface area contributed by atoms with Crippen molar-refractivity contribution in [3.63, 3.8) is 0 Å². The van der Waals surface area contributed by atoms with Gasteiger partial charge >= 0.3 is 0 Å². The first-order valence-electron chi connectivity index (χ1n) is 10.4. The Bertz CT molecular complexity index is 824. The lowest BCUT2D eigenvalue weighted by Gasteiger charge is -2.50. The third-order valence-corrected chi connectivity index (χ3v) is 6.99. The Morgan fingerprint density at radius 1 is 0.643 bits per heavy atom. The van der Waals surface area contributed by atoms with Gasteiger partial charge in [-0.1, -0.05) is 12.1 Å². The minimum Gasteiger partial charge on any atom is -0.496 e. The van der Waals surface area contributed by atoms with E-state index in [2.05, 4.69) is 44.2 Å². The van der Waals surface area contributed by atoms with Gasteiger partial charge in [0.15, 0.2) is 0 Å². The fourth-order valence-electron chi connectivity index (χ4n) is 5.80. The third-order valence-electron chi connectivity index (χ3n) is 6.99. The van der Waals surface area contributed by atoms with Gasteiger partial charge in [0.1, 0.15) is 17.2 Å². The van der Waals surface area contributed by atoms with Crippen molar-refractivity contribution in [2.45, 2.75) is 51.4 Å². The molecule has 0 aromatic heterocycles. The Hall–Kier alpha value is -2.16. The molecule has 150 valence electrons. The number of hydrogen-bond donors (Lipinski definition) is 0. The van der Waals surface area contributed by atoms with Crippen LogP contribution >= 0.6 is 0 Å². The molecule has 3 aliphatic rings. The molecule has 2 atom stereocenters. The Balaban J connectivity index is 1.90. The fourth-order valence-corrected chi connectivity index (χ4v) is 5.80. The summed E-state index contributed by atoms with van der Waals surface area (Å²) in [5, 5.41) is 0. The summed E-state index contributed by atoms with van der Waals surface area (Å²) in [6, 6.07) is 11.0. The zero-order valence-electron chi connectivity index (χ0n) is 17.7. The first kappa shape index (κ1) is 19.2. The van der Waals surface area contributed by atoms with E-state index in [-0.39, 0.29) is 0 Å². The second kappa shape index (κ2) is 7.69. The molecule has 0 saturated heterocycles. The molecule has 0 N–H and O–H groups in total. The highest BCUT2D eigenvalue weighted by Gasteiger charge is 2.47. The normalized spacial score (nSPS) is 26.2. The van der Waals surface area contributed by atoms with Crippen LogP contribution in [0, 0.1) is 25.7 Å². The maximum Gasteiger partial charge on any atom is 0.126 e. The Morgan fingerprint density at radius 3 is 1.68 bits per heavy atom. The van der Waals surface area contributed by atoms with Gasteiger partial charge in [-0.2, -0.15) is 0 Å². The van der Waals surface area contributed by atoms with Crippen molar-refractivity contribution >= 4 is 0 Å². The van der Waals surface area contributed by atoms with Crippen LogP contribution in [0.25, 0.3) is 0 Å². The number of ether oxygens (including phenoxy) is 3. The first-order chi connectivity index (χ1) is 13.6. The molecule has 0 radical (unpaired) electrons. The molecule has 0 aliphatic heterocycles. The van der Waals surface area contributed by atoms with Gasteiger partial charge in [-0.05, 0) is 92.2 Å². The van der Waals surface area contributed by atoms with Crippen molar-refractivity contribution < 1.29 is 14.2 Å². The molecule has 0 spiro atoms. The highest BCUT2D eigenvalue weighted by molar-refractivity contribution is 5.53. The van der Waals surface area contributed by atoms with Gasteiger partial charge in [0.25, 0.3) is 0 Å². The van der Waals surface area contributed by atoms with Gasteiger partial charge in [-0.25, -0.2) is 0 Å². The van der Waals surface area contributed by atoms with Gasteiger partial charge in [0.05, 0.1) is 21.3 Å². The summed E-state index contributed by atoms with van der Waals surface area (Å²) in [5.74, 6) is 5.13. The second-order valence-corrected chi connectivity index (χ2v) is 8.55. The standard InChI is InChI=1S/C25H32O3/c1-15-6-11-19(20(12-15)26-3)23-17-7-9-18(10-8-17)24(23)25-21(27-4)13-16(2)14-22(25)28-5/h6,11-14,17-18,23-24H,7-10H2,1-5H3.